The zero-order valence-corrected chi connectivity index (χ0v) is 11.7. The van der Waals surface area contributed by atoms with Crippen LogP contribution in [0.3, 0.4) is 0 Å². The van der Waals surface area contributed by atoms with Gasteiger partial charge in [0, 0.05) is 5.25 Å². The Bertz CT molecular complexity index is 448. The second-order valence-corrected chi connectivity index (χ2v) is 6.09. The Kier molecular flexibility index (Phi) is 5.24. The smallest absolute Gasteiger partial charge is 0.235 e. The van der Waals surface area contributed by atoms with Crippen molar-refractivity contribution in [3.05, 3.63) is 35.4 Å². The Morgan fingerprint density at radius 2 is 1.83 bits per heavy atom. The molecular formula is C14H18N2OS. The molecule has 0 aliphatic rings. The highest BCUT2D eigenvalue weighted by atomic mass is 32.2. The molecule has 0 saturated heterocycles. The Morgan fingerprint density at radius 3 is 2.22 bits per heavy atom. The van der Waals surface area contributed by atoms with E-state index in [1.165, 1.54) is 0 Å². The third kappa shape index (κ3) is 3.78. The maximum Gasteiger partial charge on any atom is 0.235 e. The van der Waals surface area contributed by atoms with Gasteiger partial charge in [0.25, 0.3) is 0 Å². The standard InChI is InChI=1S/C14H18N2OS/c1-9(2)10(3)18-13(14(16)17)12-6-4-11(8-15)5-7-12/h4-7,9-10,13H,1-3H3,(H2,16,17). The first-order valence-electron chi connectivity index (χ1n) is 5.90. The number of rotatable bonds is 5. The van der Waals surface area contributed by atoms with E-state index in [0.29, 0.717) is 16.7 Å². The Morgan fingerprint density at radius 1 is 1.28 bits per heavy atom. The van der Waals surface area contributed by atoms with E-state index in [-0.39, 0.29) is 11.2 Å². The number of thioether (sulfide) groups is 1. The topological polar surface area (TPSA) is 66.9 Å². The lowest BCUT2D eigenvalue weighted by Gasteiger charge is -2.21. The van der Waals surface area contributed by atoms with Gasteiger partial charge in [-0.25, -0.2) is 0 Å². The fourth-order valence-electron chi connectivity index (χ4n) is 1.41. The second kappa shape index (κ2) is 6.46. The van der Waals surface area contributed by atoms with Crippen LogP contribution in [0.2, 0.25) is 0 Å². The molecule has 1 rings (SSSR count). The van der Waals surface area contributed by atoms with Gasteiger partial charge in [-0.1, -0.05) is 32.9 Å². The maximum atomic E-state index is 11.5. The van der Waals surface area contributed by atoms with Crippen LogP contribution in [0.5, 0.6) is 0 Å². The number of nitrogens with two attached hydrogens (primary N) is 1. The molecule has 0 spiro atoms. The van der Waals surface area contributed by atoms with Gasteiger partial charge in [-0.3, -0.25) is 4.79 Å². The summed E-state index contributed by atoms with van der Waals surface area (Å²) in [5.74, 6) is 0.146. The molecule has 2 unspecified atom stereocenters. The molecule has 0 aromatic heterocycles. The maximum absolute atomic E-state index is 11.5. The van der Waals surface area contributed by atoms with Crippen molar-refractivity contribution in [1.29, 1.82) is 5.26 Å². The number of carbonyl (C=O) groups excluding carboxylic acids is 1. The molecule has 0 aliphatic heterocycles. The predicted octanol–water partition coefficient (Wildman–Crippen LogP) is 2.86. The zero-order valence-electron chi connectivity index (χ0n) is 10.9. The lowest BCUT2D eigenvalue weighted by molar-refractivity contribution is -0.117. The molecule has 0 bridgehead atoms. The van der Waals surface area contributed by atoms with E-state index in [2.05, 4.69) is 26.8 Å². The minimum atomic E-state index is -0.352. The number of hydrogen-bond donors (Lipinski definition) is 1. The Balaban J connectivity index is 2.91. The van der Waals surface area contributed by atoms with Crippen molar-refractivity contribution in [2.45, 2.75) is 31.3 Å². The monoisotopic (exact) mass is 262 g/mol. The van der Waals surface area contributed by atoms with Crippen molar-refractivity contribution < 1.29 is 4.79 Å². The van der Waals surface area contributed by atoms with Crippen molar-refractivity contribution in [2.75, 3.05) is 0 Å². The molecule has 4 heteroatoms. The van der Waals surface area contributed by atoms with E-state index in [4.69, 9.17) is 11.0 Å². The fourth-order valence-corrected chi connectivity index (χ4v) is 2.61. The predicted molar refractivity (Wildman–Crippen MR) is 75.0 cm³/mol. The van der Waals surface area contributed by atoms with Crippen LogP contribution >= 0.6 is 11.8 Å². The molecule has 3 nitrogen and oxygen atoms in total. The summed E-state index contributed by atoms with van der Waals surface area (Å²) in [5, 5.41) is 8.74. The summed E-state index contributed by atoms with van der Waals surface area (Å²) in [5.41, 5.74) is 6.91. The van der Waals surface area contributed by atoms with Crippen LogP contribution in [0.4, 0.5) is 0 Å². The average Bonchev–Trinajstić information content (AvgIpc) is 2.35. The SMILES string of the molecule is CC(C)C(C)SC(C(N)=O)c1ccc(C#N)cc1. The number of nitrogens with zero attached hydrogens (tertiary/aromatic N) is 1. The van der Waals surface area contributed by atoms with Crippen molar-refractivity contribution in [1.82, 2.24) is 0 Å². The molecule has 0 aliphatic carbocycles. The van der Waals surface area contributed by atoms with Crippen LogP contribution in [0.15, 0.2) is 24.3 Å². The summed E-state index contributed by atoms with van der Waals surface area (Å²) in [6.45, 7) is 6.33. The van der Waals surface area contributed by atoms with E-state index in [1.54, 1.807) is 36.0 Å². The molecule has 1 aromatic rings. The first kappa shape index (κ1) is 14.6. The first-order valence-corrected chi connectivity index (χ1v) is 6.84. The minimum absolute atomic E-state index is 0.336. The molecule has 0 fully saturated rings. The van der Waals surface area contributed by atoms with Crippen molar-refractivity contribution in [3.63, 3.8) is 0 Å². The molecule has 96 valence electrons. The quantitative estimate of drug-likeness (QED) is 0.887. The van der Waals surface area contributed by atoms with Crippen molar-refractivity contribution in [3.8, 4) is 6.07 Å². The minimum Gasteiger partial charge on any atom is -0.368 e. The highest BCUT2D eigenvalue weighted by molar-refractivity contribution is 8.00. The van der Waals surface area contributed by atoms with Crippen LogP contribution in [-0.4, -0.2) is 11.2 Å². The van der Waals surface area contributed by atoms with Gasteiger partial charge in [-0.2, -0.15) is 5.26 Å². The van der Waals surface area contributed by atoms with Gasteiger partial charge in [0.05, 0.1) is 11.6 Å². The molecular weight excluding hydrogens is 244 g/mol. The van der Waals surface area contributed by atoms with Crippen LogP contribution in [-0.2, 0) is 4.79 Å². The Labute approximate surface area is 112 Å². The van der Waals surface area contributed by atoms with Gasteiger partial charge in [0.1, 0.15) is 5.25 Å². The van der Waals surface area contributed by atoms with Gasteiger partial charge < -0.3 is 5.73 Å². The number of primary amides is 1. The highest BCUT2D eigenvalue weighted by Gasteiger charge is 2.22. The van der Waals surface area contributed by atoms with Crippen LogP contribution in [0, 0.1) is 17.2 Å². The van der Waals surface area contributed by atoms with E-state index < -0.39 is 0 Å². The summed E-state index contributed by atoms with van der Waals surface area (Å²) in [6, 6.07) is 9.09. The van der Waals surface area contributed by atoms with Crippen LogP contribution in [0.25, 0.3) is 0 Å². The third-order valence-corrected chi connectivity index (χ3v) is 4.64. The normalized spacial score (nSPS) is 13.9. The number of nitriles is 1. The Hall–Kier alpha value is -1.47. The summed E-state index contributed by atoms with van der Waals surface area (Å²) < 4.78 is 0. The zero-order chi connectivity index (χ0) is 13.7. The highest BCUT2D eigenvalue weighted by Crippen LogP contribution is 2.34. The van der Waals surface area contributed by atoms with E-state index >= 15 is 0 Å². The largest absolute Gasteiger partial charge is 0.368 e. The molecule has 1 aromatic carbocycles. The first-order chi connectivity index (χ1) is 8.45. The van der Waals surface area contributed by atoms with E-state index in [1.807, 2.05) is 0 Å². The third-order valence-electron chi connectivity index (χ3n) is 2.89. The second-order valence-electron chi connectivity index (χ2n) is 4.60. The number of amides is 1. The lowest BCUT2D eigenvalue weighted by atomic mass is 10.1. The number of carbonyl (C=O) groups is 1. The van der Waals surface area contributed by atoms with E-state index in [0.717, 1.165) is 5.56 Å². The summed E-state index contributed by atoms with van der Waals surface area (Å²) in [6.07, 6.45) is 0. The lowest BCUT2D eigenvalue weighted by Crippen LogP contribution is -2.22. The van der Waals surface area contributed by atoms with Gasteiger partial charge in [-0.05, 0) is 23.6 Å². The summed E-state index contributed by atoms with van der Waals surface area (Å²) in [7, 11) is 0. The van der Waals surface area contributed by atoms with Gasteiger partial charge in [0.15, 0.2) is 0 Å². The van der Waals surface area contributed by atoms with E-state index in [9.17, 15) is 4.79 Å². The van der Waals surface area contributed by atoms with Crippen molar-refractivity contribution in [2.24, 2.45) is 11.7 Å². The summed E-state index contributed by atoms with van der Waals surface area (Å²) >= 11 is 1.57. The molecule has 1 amide bonds. The van der Waals surface area contributed by atoms with Crippen LogP contribution < -0.4 is 5.73 Å². The summed E-state index contributed by atoms with van der Waals surface area (Å²) in [4.78, 5) is 11.5. The molecule has 2 atom stereocenters. The molecule has 0 heterocycles. The molecule has 0 saturated carbocycles. The number of hydrogen-bond acceptors (Lipinski definition) is 3. The molecule has 2 N–H and O–H groups in total. The van der Waals surface area contributed by atoms with Gasteiger partial charge in [0.2, 0.25) is 5.91 Å². The molecule has 0 radical (unpaired) electrons. The van der Waals surface area contributed by atoms with Crippen molar-refractivity contribution >= 4 is 17.7 Å². The number of benzene rings is 1. The average molecular weight is 262 g/mol. The molecule has 18 heavy (non-hydrogen) atoms. The fraction of sp³-hybridized carbons (Fsp3) is 0.429. The van der Waals surface area contributed by atoms with Gasteiger partial charge in [-0.15, -0.1) is 11.8 Å². The van der Waals surface area contributed by atoms with Crippen LogP contribution in [0.1, 0.15) is 37.1 Å². The van der Waals surface area contributed by atoms with Gasteiger partial charge >= 0.3 is 0 Å².